The van der Waals surface area contributed by atoms with Crippen LogP contribution >= 0.6 is 0 Å². The number of aromatic nitrogens is 1. The molecule has 6 nitrogen and oxygen atoms in total. The smallest absolute Gasteiger partial charge is 0.252 e. The predicted octanol–water partition coefficient (Wildman–Crippen LogP) is 7.55. The van der Waals surface area contributed by atoms with Gasteiger partial charge in [-0.15, -0.1) is 0 Å². The Labute approximate surface area is 259 Å². The molecular formula is C38H41N3O3. The number of ketones is 1. The molecule has 6 heteroatoms. The fourth-order valence-corrected chi connectivity index (χ4v) is 7.91. The molecule has 1 amide bonds. The van der Waals surface area contributed by atoms with Crippen LogP contribution in [0.3, 0.4) is 0 Å². The number of amides is 1. The van der Waals surface area contributed by atoms with E-state index in [1.807, 2.05) is 67.6 Å². The molecule has 1 aliphatic carbocycles. The van der Waals surface area contributed by atoms with Crippen LogP contribution in [0.2, 0.25) is 0 Å². The highest BCUT2D eigenvalue weighted by molar-refractivity contribution is 6.07. The molecule has 7 rings (SSSR count). The van der Waals surface area contributed by atoms with Gasteiger partial charge < -0.3 is 10.1 Å². The first-order valence-electron chi connectivity index (χ1n) is 16.2. The Hall–Kier alpha value is -4.03. The van der Waals surface area contributed by atoms with Gasteiger partial charge in [0.2, 0.25) is 0 Å². The molecule has 2 atom stereocenters. The van der Waals surface area contributed by atoms with E-state index in [1.165, 1.54) is 30.4 Å². The fraction of sp³-hybridized carbons (Fsp3) is 0.395. The van der Waals surface area contributed by atoms with Crippen LogP contribution in [0.1, 0.15) is 100 Å². The summed E-state index contributed by atoms with van der Waals surface area (Å²) >= 11 is 0. The topological polar surface area (TPSA) is 71.5 Å². The Bertz CT molecular complexity index is 1690. The second-order valence-electron chi connectivity index (χ2n) is 12.9. The zero-order chi connectivity index (χ0) is 30.2. The molecule has 226 valence electrons. The number of ether oxygens (including phenoxy) is 1. The van der Waals surface area contributed by atoms with Crippen LogP contribution in [0, 0.1) is 12.8 Å². The summed E-state index contributed by atoms with van der Waals surface area (Å²) in [7, 11) is 1.64. The van der Waals surface area contributed by atoms with Crippen LogP contribution in [-0.2, 0) is 6.42 Å². The average Bonchev–Trinajstić information content (AvgIpc) is 3.60. The van der Waals surface area contributed by atoms with Crippen LogP contribution in [0.15, 0.2) is 72.8 Å². The first kappa shape index (κ1) is 28.7. The predicted molar refractivity (Wildman–Crippen MR) is 173 cm³/mol. The number of hydrogen-bond acceptors (Lipinski definition) is 5. The molecule has 0 radical (unpaired) electrons. The molecule has 3 aromatic carbocycles. The van der Waals surface area contributed by atoms with Crippen LogP contribution in [-0.4, -0.2) is 41.3 Å². The Morgan fingerprint density at radius 2 is 1.66 bits per heavy atom. The molecule has 3 heterocycles. The number of carbonyl (C=O) groups excluding carboxylic acids is 2. The van der Waals surface area contributed by atoms with Crippen molar-refractivity contribution < 1.29 is 14.3 Å². The molecule has 3 aliphatic rings. The van der Waals surface area contributed by atoms with Crippen molar-refractivity contribution in [1.82, 2.24) is 15.2 Å². The number of carbonyl (C=O) groups is 2. The largest absolute Gasteiger partial charge is 0.494 e. The Morgan fingerprint density at radius 1 is 0.886 bits per heavy atom. The van der Waals surface area contributed by atoms with Crippen molar-refractivity contribution in [2.45, 2.75) is 76.4 Å². The van der Waals surface area contributed by atoms with Gasteiger partial charge in [0.25, 0.3) is 5.91 Å². The highest BCUT2D eigenvalue weighted by atomic mass is 16.5. The van der Waals surface area contributed by atoms with E-state index in [0.29, 0.717) is 35.7 Å². The number of fused-ring (bicyclic) bond motifs is 6. The van der Waals surface area contributed by atoms with Gasteiger partial charge in [-0.2, -0.15) is 0 Å². The van der Waals surface area contributed by atoms with Crippen molar-refractivity contribution >= 4 is 22.6 Å². The third-order valence-electron chi connectivity index (χ3n) is 10.2. The van der Waals surface area contributed by atoms with Gasteiger partial charge in [-0.25, -0.2) is 4.98 Å². The van der Waals surface area contributed by atoms with Crippen LogP contribution in [0.4, 0.5) is 0 Å². The third kappa shape index (κ3) is 5.52. The second kappa shape index (κ2) is 12.2. The summed E-state index contributed by atoms with van der Waals surface area (Å²) in [5.74, 6) is 1.54. The number of aryl methyl sites for hydroxylation is 1. The van der Waals surface area contributed by atoms with Crippen molar-refractivity contribution in [1.29, 1.82) is 0 Å². The first-order valence-corrected chi connectivity index (χ1v) is 16.2. The van der Waals surface area contributed by atoms with E-state index in [-0.39, 0.29) is 17.7 Å². The van der Waals surface area contributed by atoms with Gasteiger partial charge in [0.15, 0.2) is 5.78 Å². The molecule has 2 fully saturated rings. The van der Waals surface area contributed by atoms with E-state index >= 15 is 0 Å². The van der Waals surface area contributed by atoms with Gasteiger partial charge in [-0.3, -0.25) is 14.5 Å². The zero-order valence-corrected chi connectivity index (χ0v) is 25.7. The van der Waals surface area contributed by atoms with Crippen LogP contribution in [0.5, 0.6) is 5.75 Å². The molecule has 4 aromatic rings. The molecule has 44 heavy (non-hydrogen) atoms. The van der Waals surface area contributed by atoms with Crippen molar-refractivity contribution in [3.63, 3.8) is 0 Å². The molecule has 0 spiro atoms. The second-order valence-corrected chi connectivity index (χ2v) is 12.9. The van der Waals surface area contributed by atoms with Gasteiger partial charge in [-0.05, 0) is 105 Å². The number of Topliss-reactive ketones (excluding diaryl/α,β-unsaturated/α-hetero) is 1. The lowest BCUT2D eigenvalue weighted by molar-refractivity contribution is 0.0919. The van der Waals surface area contributed by atoms with E-state index in [2.05, 4.69) is 27.3 Å². The van der Waals surface area contributed by atoms with E-state index < -0.39 is 0 Å². The number of nitrogens with zero attached hydrogens (tertiary/aromatic N) is 2. The lowest BCUT2D eigenvalue weighted by Crippen LogP contribution is -2.38. The Morgan fingerprint density at radius 3 is 2.43 bits per heavy atom. The van der Waals surface area contributed by atoms with E-state index in [4.69, 9.17) is 4.74 Å². The minimum absolute atomic E-state index is 0.0280. The standard InChI is InChI=1S/C38H41N3O3/c1-24-8-14-30-31(16-19-36(44-2)37(30)39-24)38(43)40-28-12-9-25(10-13-28)20-21-41-33-17-18-34(41)32-23-27(11-15-29(32)33)35(42)22-26-6-4-3-5-7-26/h3-8,11,14-16,19,23,25,28,33-34H,9-10,12-13,17-18,20-22H2,1-2H3,(H,40,43). The Kier molecular flexibility index (Phi) is 7.94. The van der Waals surface area contributed by atoms with E-state index in [0.717, 1.165) is 60.0 Å². The molecule has 2 bridgehead atoms. The zero-order valence-electron chi connectivity index (χ0n) is 25.7. The lowest BCUT2D eigenvalue weighted by Gasteiger charge is -2.31. The fourth-order valence-electron chi connectivity index (χ4n) is 7.91. The lowest BCUT2D eigenvalue weighted by atomic mass is 9.84. The molecule has 1 saturated carbocycles. The maximum Gasteiger partial charge on any atom is 0.252 e. The summed E-state index contributed by atoms with van der Waals surface area (Å²) < 4.78 is 5.50. The SMILES string of the molecule is COc1ccc(C(=O)NC2CCC(CCN3C4CCC3c3cc(C(=O)Cc5ccccc5)ccc34)CC2)c2ccc(C)nc12. The van der Waals surface area contributed by atoms with E-state index in [9.17, 15) is 9.59 Å². The van der Waals surface area contributed by atoms with Crippen molar-refractivity contribution in [3.05, 3.63) is 106 Å². The van der Waals surface area contributed by atoms with Crippen molar-refractivity contribution in [2.75, 3.05) is 13.7 Å². The van der Waals surface area contributed by atoms with Gasteiger partial charge in [-0.1, -0.05) is 48.5 Å². The van der Waals surface area contributed by atoms with Crippen molar-refractivity contribution in [3.8, 4) is 5.75 Å². The molecule has 1 aromatic heterocycles. The molecule has 1 saturated heterocycles. The summed E-state index contributed by atoms with van der Waals surface area (Å²) in [5.41, 5.74) is 7.01. The molecular weight excluding hydrogens is 546 g/mol. The summed E-state index contributed by atoms with van der Waals surface area (Å²) in [6.07, 6.45) is 8.35. The summed E-state index contributed by atoms with van der Waals surface area (Å²) in [6.45, 7) is 3.05. The summed E-state index contributed by atoms with van der Waals surface area (Å²) in [6, 6.07) is 25.2. The Balaban J connectivity index is 0.930. The quantitative estimate of drug-likeness (QED) is 0.205. The van der Waals surface area contributed by atoms with Crippen molar-refractivity contribution in [2.24, 2.45) is 5.92 Å². The number of nitrogens with one attached hydrogen (secondary N) is 1. The number of hydrogen-bond donors (Lipinski definition) is 1. The van der Waals surface area contributed by atoms with Gasteiger partial charge in [0.05, 0.1) is 7.11 Å². The monoisotopic (exact) mass is 587 g/mol. The minimum atomic E-state index is -0.0280. The number of rotatable bonds is 9. The van der Waals surface area contributed by atoms with Gasteiger partial charge in [0.1, 0.15) is 11.3 Å². The van der Waals surface area contributed by atoms with Crippen LogP contribution < -0.4 is 10.1 Å². The third-order valence-corrected chi connectivity index (χ3v) is 10.2. The normalized spacial score (nSPS) is 22.6. The highest BCUT2D eigenvalue weighted by Crippen LogP contribution is 2.53. The number of pyridine rings is 1. The number of methoxy groups -OCH3 is 1. The minimum Gasteiger partial charge on any atom is -0.494 e. The van der Waals surface area contributed by atoms with E-state index in [1.54, 1.807) is 7.11 Å². The molecule has 2 unspecified atom stereocenters. The maximum absolute atomic E-state index is 13.3. The van der Waals surface area contributed by atoms with Gasteiger partial charge >= 0.3 is 0 Å². The number of benzene rings is 3. The molecule has 2 aliphatic heterocycles. The average molecular weight is 588 g/mol. The molecule has 1 N–H and O–H groups in total. The highest BCUT2D eigenvalue weighted by Gasteiger charge is 2.43. The summed E-state index contributed by atoms with van der Waals surface area (Å²) in [5, 5.41) is 4.15. The first-order chi connectivity index (χ1) is 21.5. The maximum atomic E-state index is 13.3. The van der Waals surface area contributed by atoms with Gasteiger partial charge in [0, 0.05) is 46.8 Å². The summed E-state index contributed by atoms with van der Waals surface area (Å²) in [4.78, 5) is 33.7. The van der Waals surface area contributed by atoms with Crippen LogP contribution in [0.25, 0.3) is 10.9 Å².